The number of anilines is 1. The highest BCUT2D eigenvalue weighted by atomic mass is 35.5. The largest absolute Gasteiger partial charge is 0.477 e. The Balaban J connectivity index is 0.00000342. The van der Waals surface area contributed by atoms with Gasteiger partial charge >= 0.3 is 5.97 Å². The monoisotopic (exact) mass is 559 g/mol. The SMILES string of the molecule is CO/N=C(\C(=O)NC1C(=O)N2C(C(=O)O)=C(CSC(=O)c3ccco3)CSC12)c1csc(N)n1.Cl. The fourth-order valence-corrected chi connectivity index (χ4v) is 6.14. The second-order valence-corrected chi connectivity index (χ2v) is 9.81. The molecule has 0 aromatic carbocycles. The molecule has 2 aromatic heterocycles. The lowest BCUT2D eigenvalue weighted by molar-refractivity contribution is -0.150. The molecule has 0 radical (unpaired) electrons. The topological polar surface area (TPSA) is 177 Å². The first-order valence-corrected chi connectivity index (χ1v) is 12.5. The summed E-state index contributed by atoms with van der Waals surface area (Å²) in [7, 11) is 1.26. The third-order valence-corrected chi connectivity index (χ3v) is 7.77. The molecule has 4 heterocycles. The van der Waals surface area contributed by atoms with E-state index in [1.165, 1.54) is 36.6 Å². The number of β-lactam (4-membered cyclic amide) rings is 1. The van der Waals surface area contributed by atoms with Gasteiger partial charge in [0.15, 0.2) is 16.6 Å². The number of furan rings is 1. The number of aliphatic carboxylic acids is 1. The van der Waals surface area contributed by atoms with Gasteiger partial charge in [-0.3, -0.25) is 19.3 Å². The summed E-state index contributed by atoms with van der Waals surface area (Å²) in [6.45, 7) is 0. The summed E-state index contributed by atoms with van der Waals surface area (Å²) in [6.07, 6.45) is 1.37. The minimum atomic E-state index is -1.29. The third kappa shape index (κ3) is 5.32. The summed E-state index contributed by atoms with van der Waals surface area (Å²) < 4.78 is 5.05. The normalized spacial score (nSPS) is 19.4. The van der Waals surface area contributed by atoms with Crippen LogP contribution in [-0.2, 0) is 19.2 Å². The van der Waals surface area contributed by atoms with Gasteiger partial charge in [-0.25, -0.2) is 9.78 Å². The van der Waals surface area contributed by atoms with Crippen molar-refractivity contribution >= 4 is 81.0 Å². The maximum atomic E-state index is 12.8. The summed E-state index contributed by atoms with van der Waals surface area (Å²) in [5.74, 6) is -2.08. The number of hydrogen-bond donors (Lipinski definition) is 3. The van der Waals surface area contributed by atoms with E-state index in [9.17, 15) is 24.3 Å². The van der Waals surface area contributed by atoms with Crippen molar-refractivity contribution < 1.29 is 33.5 Å². The Morgan fingerprint density at radius 3 is 2.83 bits per heavy atom. The Bertz CT molecular complexity index is 1210. The van der Waals surface area contributed by atoms with Crippen LogP contribution in [0.1, 0.15) is 16.2 Å². The molecule has 2 aliphatic rings. The minimum absolute atomic E-state index is 0. The van der Waals surface area contributed by atoms with E-state index in [2.05, 4.69) is 15.5 Å². The fraction of sp³-hybridized carbons (Fsp3) is 0.263. The van der Waals surface area contributed by atoms with Crippen molar-refractivity contribution in [2.75, 3.05) is 24.3 Å². The van der Waals surface area contributed by atoms with Crippen LogP contribution >= 0.6 is 47.3 Å². The van der Waals surface area contributed by atoms with E-state index in [-0.39, 0.29) is 57.0 Å². The second-order valence-electron chi connectivity index (χ2n) is 6.87. The van der Waals surface area contributed by atoms with E-state index >= 15 is 0 Å². The molecule has 1 fully saturated rings. The van der Waals surface area contributed by atoms with Crippen LogP contribution < -0.4 is 11.1 Å². The first-order chi connectivity index (χ1) is 16.3. The Morgan fingerprint density at radius 1 is 1.46 bits per heavy atom. The summed E-state index contributed by atoms with van der Waals surface area (Å²) in [6, 6.07) is 2.13. The number of carbonyl (C=O) groups is 4. The Morgan fingerprint density at radius 2 is 2.23 bits per heavy atom. The number of hydrogen-bond acceptors (Lipinski definition) is 12. The Labute approximate surface area is 216 Å². The van der Waals surface area contributed by atoms with E-state index in [4.69, 9.17) is 15.0 Å². The summed E-state index contributed by atoms with van der Waals surface area (Å²) in [5, 5.41) is 16.8. The zero-order valence-corrected chi connectivity index (χ0v) is 21.1. The van der Waals surface area contributed by atoms with Crippen molar-refractivity contribution in [3.05, 3.63) is 46.5 Å². The number of thioether (sulfide) groups is 2. The molecule has 0 aliphatic carbocycles. The van der Waals surface area contributed by atoms with Crippen LogP contribution in [0.15, 0.2) is 44.6 Å². The van der Waals surface area contributed by atoms with Crippen molar-refractivity contribution in [2.45, 2.75) is 11.4 Å². The highest BCUT2D eigenvalue weighted by Crippen LogP contribution is 2.41. The van der Waals surface area contributed by atoms with Crippen molar-refractivity contribution in [1.29, 1.82) is 0 Å². The highest BCUT2D eigenvalue weighted by Gasteiger charge is 2.54. The van der Waals surface area contributed by atoms with Gasteiger partial charge in [0.25, 0.3) is 16.9 Å². The van der Waals surface area contributed by atoms with Gasteiger partial charge in [-0.1, -0.05) is 16.9 Å². The Kier molecular flexibility index (Phi) is 8.47. The number of nitrogens with one attached hydrogen (secondary N) is 1. The van der Waals surface area contributed by atoms with Crippen molar-refractivity contribution in [3.8, 4) is 0 Å². The molecule has 35 heavy (non-hydrogen) atoms. The van der Waals surface area contributed by atoms with Gasteiger partial charge in [-0.15, -0.1) is 35.5 Å². The second kappa shape index (κ2) is 11.2. The number of aromatic nitrogens is 1. The number of amides is 2. The summed E-state index contributed by atoms with van der Waals surface area (Å²) in [5.41, 5.74) is 5.89. The van der Waals surface area contributed by atoms with Crippen molar-refractivity contribution in [2.24, 2.45) is 5.16 Å². The maximum Gasteiger partial charge on any atom is 0.352 e. The lowest BCUT2D eigenvalue weighted by Gasteiger charge is -2.49. The predicted octanol–water partition coefficient (Wildman–Crippen LogP) is 1.40. The molecular weight excluding hydrogens is 542 g/mol. The smallest absolute Gasteiger partial charge is 0.352 e. The molecule has 2 aliphatic heterocycles. The van der Waals surface area contributed by atoms with Crippen molar-refractivity contribution in [3.63, 3.8) is 0 Å². The number of carboxylic acids is 1. The standard InChI is InChI=1S/C19H17N5O7S3.ClH/c1-30-23-11(9-7-34-19(20)21-9)14(25)22-12-15(26)24-13(17(27)28)8(5-32-16(12)24)6-33-18(29)10-3-2-4-31-10;/h2-4,7,12,16H,5-6H2,1H3,(H2,20,21)(H,22,25)(H,27,28);1H/b23-11-;. The van der Waals surface area contributed by atoms with E-state index in [0.717, 1.165) is 28.0 Å². The number of carbonyl (C=O) groups excluding carboxylic acids is 3. The first kappa shape index (κ1) is 26.6. The van der Waals surface area contributed by atoms with Gasteiger partial charge in [-0.05, 0) is 17.7 Å². The molecule has 0 bridgehead atoms. The third-order valence-electron chi connectivity index (χ3n) is 4.80. The molecular formula is C19H18ClN5O7S3. The first-order valence-electron chi connectivity index (χ1n) is 9.55. The number of fused-ring (bicyclic) bond motifs is 1. The van der Waals surface area contributed by atoms with Gasteiger partial charge in [-0.2, -0.15) is 0 Å². The van der Waals surface area contributed by atoms with E-state index in [1.54, 1.807) is 6.07 Å². The molecule has 2 unspecified atom stereocenters. The van der Waals surface area contributed by atoms with E-state index in [1.807, 2.05) is 0 Å². The minimum Gasteiger partial charge on any atom is -0.477 e. The van der Waals surface area contributed by atoms with Gasteiger partial charge < -0.3 is 25.4 Å². The number of oxime groups is 1. The zero-order valence-electron chi connectivity index (χ0n) is 17.8. The molecule has 0 saturated carbocycles. The van der Waals surface area contributed by atoms with Gasteiger partial charge in [0.2, 0.25) is 0 Å². The van der Waals surface area contributed by atoms with Crippen LogP contribution in [0.4, 0.5) is 5.13 Å². The molecule has 186 valence electrons. The summed E-state index contributed by atoms with van der Waals surface area (Å²) in [4.78, 5) is 59.6. The average Bonchev–Trinajstić information content (AvgIpc) is 3.50. The molecule has 2 aromatic rings. The lowest BCUT2D eigenvalue weighted by Crippen LogP contribution is -2.71. The molecule has 1 saturated heterocycles. The predicted molar refractivity (Wildman–Crippen MR) is 133 cm³/mol. The van der Waals surface area contributed by atoms with Crippen LogP contribution in [0.25, 0.3) is 0 Å². The molecule has 12 nitrogen and oxygen atoms in total. The highest BCUT2D eigenvalue weighted by molar-refractivity contribution is 8.14. The number of nitrogens with two attached hydrogens (primary N) is 1. The van der Waals surface area contributed by atoms with Gasteiger partial charge in [0.1, 0.15) is 29.9 Å². The number of carboxylic acid groups (broad SMARTS) is 1. The van der Waals surface area contributed by atoms with Gasteiger partial charge in [0.05, 0.1) is 6.26 Å². The molecule has 2 atom stereocenters. The molecule has 16 heteroatoms. The molecule has 4 rings (SSSR count). The maximum absolute atomic E-state index is 12.8. The van der Waals surface area contributed by atoms with Crippen LogP contribution in [0.2, 0.25) is 0 Å². The lowest BCUT2D eigenvalue weighted by atomic mass is 10.0. The molecule has 0 spiro atoms. The number of nitrogens with zero attached hydrogens (tertiary/aromatic N) is 3. The summed E-state index contributed by atoms with van der Waals surface area (Å²) >= 11 is 3.29. The van der Waals surface area contributed by atoms with Crippen LogP contribution in [0.3, 0.4) is 0 Å². The molecule has 2 amide bonds. The number of halogens is 1. The number of rotatable bonds is 8. The van der Waals surface area contributed by atoms with E-state index < -0.39 is 29.2 Å². The number of thiazole rings is 1. The van der Waals surface area contributed by atoms with Crippen LogP contribution in [0, 0.1) is 0 Å². The van der Waals surface area contributed by atoms with E-state index in [0.29, 0.717) is 5.57 Å². The zero-order chi connectivity index (χ0) is 24.4. The van der Waals surface area contributed by atoms with Crippen LogP contribution in [0.5, 0.6) is 0 Å². The fourth-order valence-electron chi connectivity index (χ4n) is 3.31. The molecule has 4 N–H and O–H groups in total. The van der Waals surface area contributed by atoms with Crippen molar-refractivity contribution in [1.82, 2.24) is 15.2 Å². The van der Waals surface area contributed by atoms with Crippen LogP contribution in [-0.4, -0.2) is 73.6 Å². The van der Waals surface area contributed by atoms with Gasteiger partial charge in [0, 0.05) is 16.9 Å². The quantitative estimate of drug-likeness (QED) is 0.242. The average molecular weight is 560 g/mol. The Hall–Kier alpha value is -3.01. The number of nitrogen functional groups attached to an aromatic ring is 1.